The Morgan fingerprint density at radius 1 is 1.32 bits per heavy atom. The van der Waals surface area contributed by atoms with Crippen molar-refractivity contribution < 1.29 is 13.9 Å². The molecule has 0 N–H and O–H groups in total. The molecule has 0 aliphatic heterocycles. The lowest BCUT2D eigenvalue weighted by Gasteiger charge is -2.14. The van der Waals surface area contributed by atoms with Gasteiger partial charge in [-0.1, -0.05) is 12.1 Å². The maximum absolute atomic E-state index is 11.3. The van der Waals surface area contributed by atoms with E-state index in [9.17, 15) is 4.79 Å². The van der Waals surface area contributed by atoms with E-state index in [4.69, 9.17) is 4.42 Å². The molecule has 1 aromatic carbocycles. The number of hydrogen-bond donors (Lipinski definition) is 0. The molecule has 0 spiro atoms. The Kier molecular flexibility index (Phi) is 4.30. The summed E-state index contributed by atoms with van der Waals surface area (Å²) in [6.45, 7) is 1.46. The summed E-state index contributed by atoms with van der Waals surface area (Å²) >= 11 is 0. The van der Waals surface area contributed by atoms with E-state index in [-0.39, 0.29) is 5.97 Å². The highest BCUT2D eigenvalue weighted by Crippen LogP contribution is 2.10. The lowest BCUT2D eigenvalue weighted by molar-refractivity contribution is 0.0600. The van der Waals surface area contributed by atoms with Gasteiger partial charge >= 0.3 is 5.97 Å². The Labute approximate surface area is 111 Å². The Balaban J connectivity index is 1.93. The largest absolute Gasteiger partial charge is 0.465 e. The van der Waals surface area contributed by atoms with Gasteiger partial charge in [-0.2, -0.15) is 0 Å². The SMILES string of the molecule is COC(=O)c1ccc(CN(C)Cc2cnco2)cc1. The van der Waals surface area contributed by atoms with Crippen LogP contribution in [0, 0.1) is 0 Å². The van der Waals surface area contributed by atoms with Crippen LogP contribution in [0.5, 0.6) is 0 Å². The first-order valence-electron chi connectivity index (χ1n) is 5.92. The summed E-state index contributed by atoms with van der Waals surface area (Å²) in [6.07, 6.45) is 3.13. The lowest BCUT2D eigenvalue weighted by atomic mass is 10.1. The van der Waals surface area contributed by atoms with Crippen LogP contribution in [0.15, 0.2) is 41.3 Å². The van der Waals surface area contributed by atoms with E-state index in [0.717, 1.165) is 17.9 Å². The molecule has 0 atom stereocenters. The number of nitrogens with zero attached hydrogens (tertiary/aromatic N) is 2. The van der Waals surface area contributed by atoms with Gasteiger partial charge in [0.05, 0.1) is 25.4 Å². The highest BCUT2D eigenvalue weighted by molar-refractivity contribution is 5.89. The molecule has 0 amide bonds. The number of hydrogen-bond acceptors (Lipinski definition) is 5. The highest BCUT2D eigenvalue weighted by Gasteiger charge is 2.07. The van der Waals surface area contributed by atoms with Crippen LogP contribution in [-0.2, 0) is 17.8 Å². The first-order chi connectivity index (χ1) is 9.19. The zero-order chi connectivity index (χ0) is 13.7. The lowest BCUT2D eigenvalue weighted by Crippen LogP contribution is -2.16. The van der Waals surface area contributed by atoms with Gasteiger partial charge in [0.1, 0.15) is 5.76 Å². The molecule has 0 aliphatic rings. The van der Waals surface area contributed by atoms with Crippen LogP contribution in [0.3, 0.4) is 0 Å². The molecule has 0 bridgehead atoms. The average molecular weight is 260 g/mol. The quantitative estimate of drug-likeness (QED) is 0.770. The predicted molar refractivity (Wildman–Crippen MR) is 69.5 cm³/mol. The summed E-state index contributed by atoms with van der Waals surface area (Å²) in [5, 5.41) is 0. The van der Waals surface area contributed by atoms with E-state index >= 15 is 0 Å². The number of rotatable bonds is 5. The van der Waals surface area contributed by atoms with Gasteiger partial charge in [0.15, 0.2) is 6.39 Å². The minimum atomic E-state index is -0.318. The second-order valence-electron chi connectivity index (χ2n) is 4.33. The third kappa shape index (κ3) is 3.66. The zero-order valence-electron chi connectivity index (χ0n) is 11.0. The zero-order valence-corrected chi connectivity index (χ0v) is 11.0. The van der Waals surface area contributed by atoms with Gasteiger partial charge in [0, 0.05) is 6.54 Å². The number of benzene rings is 1. The summed E-state index contributed by atoms with van der Waals surface area (Å²) in [7, 11) is 3.37. The van der Waals surface area contributed by atoms with Crippen molar-refractivity contribution in [3.8, 4) is 0 Å². The van der Waals surface area contributed by atoms with Gasteiger partial charge in [0.25, 0.3) is 0 Å². The van der Waals surface area contributed by atoms with Gasteiger partial charge < -0.3 is 9.15 Å². The van der Waals surface area contributed by atoms with Crippen LogP contribution >= 0.6 is 0 Å². The molecule has 1 aromatic heterocycles. The minimum Gasteiger partial charge on any atom is -0.465 e. The fraction of sp³-hybridized carbons (Fsp3) is 0.286. The molecule has 0 saturated carbocycles. The maximum atomic E-state index is 11.3. The van der Waals surface area contributed by atoms with E-state index in [1.807, 2.05) is 19.2 Å². The first kappa shape index (κ1) is 13.3. The van der Waals surface area contributed by atoms with Gasteiger partial charge in [-0.25, -0.2) is 9.78 Å². The van der Waals surface area contributed by atoms with Crippen LogP contribution in [0.1, 0.15) is 21.7 Å². The number of aromatic nitrogens is 1. The van der Waals surface area contributed by atoms with Crippen molar-refractivity contribution in [3.63, 3.8) is 0 Å². The van der Waals surface area contributed by atoms with E-state index < -0.39 is 0 Å². The average Bonchev–Trinajstić information content (AvgIpc) is 2.91. The predicted octanol–water partition coefficient (Wildman–Crippen LogP) is 2.09. The molecule has 19 heavy (non-hydrogen) atoms. The van der Waals surface area contributed by atoms with E-state index in [1.165, 1.54) is 13.5 Å². The van der Waals surface area contributed by atoms with Crippen molar-refractivity contribution in [2.45, 2.75) is 13.1 Å². The molecular formula is C14H16N2O3. The van der Waals surface area contributed by atoms with Gasteiger partial charge in [-0.3, -0.25) is 4.90 Å². The second-order valence-corrected chi connectivity index (χ2v) is 4.33. The minimum absolute atomic E-state index is 0.318. The topological polar surface area (TPSA) is 55.6 Å². The smallest absolute Gasteiger partial charge is 0.337 e. The van der Waals surface area contributed by atoms with Crippen molar-refractivity contribution in [3.05, 3.63) is 53.7 Å². The molecule has 2 rings (SSSR count). The second kappa shape index (κ2) is 6.15. The van der Waals surface area contributed by atoms with Crippen LogP contribution in [0.25, 0.3) is 0 Å². The summed E-state index contributed by atoms with van der Waals surface area (Å²) in [5.41, 5.74) is 1.68. The summed E-state index contributed by atoms with van der Waals surface area (Å²) < 4.78 is 9.85. The molecular weight excluding hydrogens is 244 g/mol. The number of methoxy groups -OCH3 is 1. The van der Waals surface area contributed by atoms with Crippen molar-refractivity contribution in [1.82, 2.24) is 9.88 Å². The molecule has 100 valence electrons. The number of carbonyl (C=O) groups excluding carboxylic acids is 1. The molecule has 5 heteroatoms. The Morgan fingerprint density at radius 3 is 2.63 bits per heavy atom. The monoisotopic (exact) mass is 260 g/mol. The first-order valence-corrected chi connectivity index (χ1v) is 5.92. The van der Waals surface area contributed by atoms with Crippen molar-refractivity contribution >= 4 is 5.97 Å². The standard InChI is InChI=1S/C14H16N2O3/c1-16(9-13-7-15-10-19-13)8-11-3-5-12(6-4-11)14(17)18-2/h3-7,10H,8-9H2,1-2H3. The molecule has 0 aliphatic carbocycles. The van der Waals surface area contributed by atoms with Crippen molar-refractivity contribution in [2.75, 3.05) is 14.2 Å². The molecule has 0 fully saturated rings. The third-order valence-corrected chi connectivity index (χ3v) is 2.74. The molecule has 1 heterocycles. The number of esters is 1. The summed E-state index contributed by atoms with van der Waals surface area (Å²) in [5.74, 6) is 0.509. The Hall–Kier alpha value is -2.14. The molecule has 2 aromatic rings. The summed E-state index contributed by atoms with van der Waals surface area (Å²) in [4.78, 5) is 17.3. The number of oxazole rings is 1. The van der Waals surface area contributed by atoms with E-state index in [2.05, 4.69) is 14.6 Å². The van der Waals surface area contributed by atoms with E-state index in [0.29, 0.717) is 12.1 Å². The Morgan fingerprint density at radius 2 is 2.05 bits per heavy atom. The normalized spacial score (nSPS) is 10.7. The fourth-order valence-corrected chi connectivity index (χ4v) is 1.82. The third-order valence-electron chi connectivity index (χ3n) is 2.74. The van der Waals surface area contributed by atoms with Crippen LogP contribution < -0.4 is 0 Å². The van der Waals surface area contributed by atoms with Crippen LogP contribution in [0.2, 0.25) is 0 Å². The number of carbonyl (C=O) groups is 1. The van der Waals surface area contributed by atoms with Gasteiger partial charge in [0.2, 0.25) is 0 Å². The van der Waals surface area contributed by atoms with Gasteiger partial charge in [-0.05, 0) is 24.7 Å². The maximum Gasteiger partial charge on any atom is 0.337 e. The van der Waals surface area contributed by atoms with Gasteiger partial charge in [-0.15, -0.1) is 0 Å². The number of ether oxygens (including phenoxy) is 1. The molecule has 0 radical (unpaired) electrons. The summed E-state index contributed by atoms with van der Waals surface area (Å²) in [6, 6.07) is 7.37. The molecule has 0 unspecified atom stereocenters. The van der Waals surface area contributed by atoms with Crippen molar-refractivity contribution in [1.29, 1.82) is 0 Å². The molecule has 5 nitrogen and oxygen atoms in total. The van der Waals surface area contributed by atoms with E-state index in [1.54, 1.807) is 18.3 Å². The van der Waals surface area contributed by atoms with Crippen LogP contribution in [-0.4, -0.2) is 30.0 Å². The molecule has 0 saturated heterocycles. The highest BCUT2D eigenvalue weighted by atomic mass is 16.5. The Bertz CT molecular complexity index is 520. The van der Waals surface area contributed by atoms with Crippen LogP contribution in [0.4, 0.5) is 0 Å². The fourth-order valence-electron chi connectivity index (χ4n) is 1.82. The van der Waals surface area contributed by atoms with Crippen molar-refractivity contribution in [2.24, 2.45) is 0 Å².